The molecule has 0 radical (unpaired) electrons. The number of hydrogen-bond acceptors (Lipinski definition) is 3. The lowest BCUT2D eigenvalue weighted by atomic mass is 9.77. The Kier molecular flexibility index (Phi) is 5.71. The van der Waals surface area contributed by atoms with E-state index in [0.29, 0.717) is 6.04 Å². The van der Waals surface area contributed by atoms with Crippen LogP contribution in [0.2, 0.25) is 0 Å². The van der Waals surface area contributed by atoms with Crippen LogP contribution in [0.4, 0.5) is 0 Å². The van der Waals surface area contributed by atoms with Crippen molar-refractivity contribution in [1.82, 2.24) is 5.32 Å². The van der Waals surface area contributed by atoms with E-state index in [1.54, 1.807) is 7.11 Å². The van der Waals surface area contributed by atoms with E-state index in [2.05, 4.69) is 30.6 Å². The van der Waals surface area contributed by atoms with Crippen molar-refractivity contribution >= 4 is 11.3 Å². The second-order valence-corrected chi connectivity index (χ2v) is 6.53. The third-order valence-electron chi connectivity index (χ3n) is 4.52. The summed E-state index contributed by atoms with van der Waals surface area (Å²) in [6, 6.07) is 2.58. The maximum Gasteiger partial charge on any atom is 0.134 e. The predicted octanol–water partition coefficient (Wildman–Crippen LogP) is 4.62. The molecule has 19 heavy (non-hydrogen) atoms. The van der Waals surface area contributed by atoms with Crippen LogP contribution in [0.1, 0.15) is 56.9 Å². The monoisotopic (exact) mass is 281 g/mol. The van der Waals surface area contributed by atoms with Gasteiger partial charge in [0.15, 0.2) is 0 Å². The third kappa shape index (κ3) is 3.51. The van der Waals surface area contributed by atoms with Gasteiger partial charge >= 0.3 is 0 Å². The van der Waals surface area contributed by atoms with E-state index < -0.39 is 0 Å². The highest BCUT2D eigenvalue weighted by molar-refractivity contribution is 7.10. The Morgan fingerprint density at radius 1 is 1.32 bits per heavy atom. The first-order valence-corrected chi connectivity index (χ1v) is 8.52. The maximum absolute atomic E-state index is 5.52. The van der Waals surface area contributed by atoms with Crippen molar-refractivity contribution in [2.75, 3.05) is 13.7 Å². The van der Waals surface area contributed by atoms with E-state index in [1.165, 1.54) is 37.0 Å². The second-order valence-electron chi connectivity index (χ2n) is 5.58. The minimum Gasteiger partial charge on any atom is -0.496 e. The van der Waals surface area contributed by atoms with Gasteiger partial charge in [0.1, 0.15) is 5.75 Å². The summed E-state index contributed by atoms with van der Waals surface area (Å²) in [6.07, 6.45) is 6.86. The van der Waals surface area contributed by atoms with Crippen molar-refractivity contribution in [2.45, 2.75) is 52.0 Å². The van der Waals surface area contributed by atoms with Gasteiger partial charge in [0, 0.05) is 6.04 Å². The van der Waals surface area contributed by atoms with Crippen LogP contribution in [0.5, 0.6) is 5.75 Å². The third-order valence-corrected chi connectivity index (χ3v) is 5.51. The first-order chi connectivity index (χ1) is 9.30. The number of nitrogens with one attached hydrogen (secondary N) is 1. The van der Waals surface area contributed by atoms with Gasteiger partial charge in [-0.05, 0) is 42.7 Å². The van der Waals surface area contributed by atoms with Gasteiger partial charge in [-0.3, -0.25) is 0 Å². The van der Waals surface area contributed by atoms with E-state index in [-0.39, 0.29) is 0 Å². The highest BCUT2D eigenvalue weighted by Gasteiger charge is 2.29. The van der Waals surface area contributed by atoms with Crippen molar-refractivity contribution < 1.29 is 4.74 Å². The van der Waals surface area contributed by atoms with Crippen LogP contribution in [0.15, 0.2) is 11.4 Å². The Hall–Kier alpha value is -0.540. The Labute approximate surface area is 121 Å². The molecule has 0 amide bonds. The summed E-state index contributed by atoms with van der Waals surface area (Å²) < 4.78 is 5.52. The molecule has 2 nitrogen and oxygen atoms in total. The summed E-state index contributed by atoms with van der Waals surface area (Å²) >= 11 is 1.83. The van der Waals surface area contributed by atoms with Crippen LogP contribution in [0.25, 0.3) is 0 Å². The molecule has 1 aliphatic carbocycles. The number of rotatable bonds is 6. The topological polar surface area (TPSA) is 21.3 Å². The molecule has 1 aromatic heterocycles. The van der Waals surface area contributed by atoms with E-state index in [1.807, 2.05) is 11.3 Å². The van der Waals surface area contributed by atoms with Crippen LogP contribution in [-0.2, 0) is 0 Å². The second kappa shape index (κ2) is 7.30. The number of ether oxygens (including phenoxy) is 1. The van der Waals surface area contributed by atoms with Crippen LogP contribution in [0.3, 0.4) is 0 Å². The van der Waals surface area contributed by atoms with Gasteiger partial charge in [0.2, 0.25) is 0 Å². The molecule has 0 bridgehead atoms. The minimum atomic E-state index is 0.484. The van der Waals surface area contributed by atoms with Gasteiger partial charge in [-0.1, -0.05) is 33.1 Å². The largest absolute Gasteiger partial charge is 0.496 e. The molecule has 0 spiro atoms. The van der Waals surface area contributed by atoms with Gasteiger partial charge in [-0.2, -0.15) is 0 Å². The van der Waals surface area contributed by atoms with Crippen molar-refractivity contribution in [1.29, 1.82) is 0 Å². The molecule has 1 saturated carbocycles. The lowest BCUT2D eigenvalue weighted by Gasteiger charge is -2.34. The first kappa shape index (κ1) is 14.9. The van der Waals surface area contributed by atoms with Gasteiger partial charge < -0.3 is 10.1 Å². The highest BCUT2D eigenvalue weighted by atomic mass is 32.1. The molecule has 1 unspecified atom stereocenters. The minimum absolute atomic E-state index is 0.484. The Morgan fingerprint density at radius 2 is 2.05 bits per heavy atom. The van der Waals surface area contributed by atoms with Crippen molar-refractivity contribution in [3.63, 3.8) is 0 Å². The first-order valence-electron chi connectivity index (χ1n) is 7.64. The standard InChI is InChI=1S/C16H27NOS/c1-4-12-6-8-13(9-7-12)15(17-5-2)16-14(18-3)10-11-19-16/h10-13,15,17H,4-9H2,1-3H3. The Balaban J connectivity index is 2.08. The molecule has 1 N–H and O–H groups in total. The predicted molar refractivity (Wildman–Crippen MR) is 83.0 cm³/mol. The van der Waals surface area contributed by atoms with Crippen molar-refractivity contribution in [3.05, 3.63) is 16.3 Å². The molecular formula is C16H27NOS. The fourth-order valence-corrected chi connectivity index (χ4v) is 4.36. The Morgan fingerprint density at radius 3 is 2.63 bits per heavy atom. The van der Waals surface area contributed by atoms with Crippen LogP contribution >= 0.6 is 11.3 Å². The summed E-state index contributed by atoms with van der Waals surface area (Å²) in [4.78, 5) is 1.39. The zero-order valence-electron chi connectivity index (χ0n) is 12.4. The molecule has 0 aromatic carbocycles. The molecule has 1 aliphatic rings. The summed E-state index contributed by atoms with van der Waals surface area (Å²) in [6.45, 7) is 5.55. The quantitative estimate of drug-likeness (QED) is 0.821. The van der Waals surface area contributed by atoms with Crippen LogP contribution in [-0.4, -0.2) is 13.7 Å². The lowest BCUT2D eigenvalue weighted by Crippen LogP contribution is -2.30. The lowest BCUT2D eigenvalue weighted by molar-refractivity contribution is 0.219. The number of methoxy groups -OCH3 is 1. The summed E-state index contributed by atoms with van der Waals surface area (Å²) in [7, 11) is 1.78. The van der Waals surface area contributed by atoms with Gasteiger partial charge in [0.05, 0.1) is 12.0 Å². The molecule has 1 heterocycles. The summed E-state index contributed by atoms with van der Waals surface area (Å²) in [5.74, 6) is 2.80. The molecule has 1 aromatic rings. The van der Waals surface area contributed by atoms with Gasteiger partial charge in [-0.15, -0.1) is 11.3 Å². The molecule has 2 rings (SSSR count). The molecule has 0 aliphatic heterocycles. The zero-order chi connectivity index (χ0) is 13.7. The zero-order valence-corrected chi connectivity index (χ0v) is 13.3. The van der Waals surface area contributed by atoms with Crippen LogP contribution in [0, 0.1) is 11.8 Å². The molecule has 108 valence electrons. The maximum atomic E-state index is 5.52. The van der Waals surface area contributed by atoms with E-state index >= 15 is 0 Å². The fraction of sp³-hybridized carbons (Fsp3) is 0.750. The van der Waals surface area contributed by atoms with Crippen LogP contribution < -0.4 is 10.1 Å². The van der Waals surface area contributed by atoms with Gasteiger partial charge in [-0.25, -0.2) is 0 Å². The SMILES string of the molecule is CCNC(c1sccc1OC)C1CCC(CC)CC1. The summed E-state index contributed by atoms with van der Waals surface area (Å²) in [5, 5.41) is 5.84. The van der Waals surface area contributed by atoms with Crippen molar-refractivity contribution in [2.24, 2.45) is 11.8 Å². The molecule has 0 saturated heterocycles. The normalized spacial score (nSPS) is 25.2. The highest BCUT2D eigenvalue weighted by Crippen LogP contribution is 2.42. The summed E-state index contributed by atoms with van der Waals surface area (Å²) in [5.41, 5.74) is 0. The number of hydrogen-bond donors (Lipinski definition) is 1. The van der Waals surface area contributed by atoms with E-state index in [9.17, 15) is 0 Å². The Bertz CT molecular complexity index is 369. The van der Waals surface area contributed by atoms with E-state index in [4.69, 9.17) is 4.74 Å². The van der Waals surface area contributed by atoms with Crippen molar-refractivity contribution in [3.8, 4) is 5.75 Å². The molecule has 1 fully saturated rings. The average Bonchev–Trinajstić information content (AvgIpc) is 2.93. The fourth-order valence-electron chi connectivity index (χ4n) is 3.33. The molecular weight excluding hydrogens is 254 g/mol. The van der Waals surface area contributed by atoms with Gasteiger partial charge in [0.25, 0.3) is 0 Å². The molecule has 3 heteroatoms. The van der Waals surface area contributed by atoms with E-state index in [0.717, 1.165) is 24.1 Å². The number of thiophene rings is 1. The smallest absolute Gasteiger partial charge is 0.134 e. The molecule has 1 atom stereocenters. The average molecular weight is 281 g/mol.